The third kappa shape index (κ3) is 14.6. The summed E-state index contributed by atoms with van der Waals surface area (Å²) in [4.78, 5) is 29.8. The van der Waals surface area contributed by atoms with Gasteiger partial charge in [0.05, 0.1) is 54.0 Å². The highest BCUT2D eigenvalue weighted by molar-refractivity contribution is 7.95. The number of carbonyl (C=O) groups is 2. The molecule has 0 saturated carbocycles. The van der Waals surface area contributed by atoms with E-state index in [2.05, 4.69) is 20.4 Å². The van der Waals surface area contributed by atoms with E-state index in [1.54, 1.807) is 36.4 Å². The second kappa shape index (κ2) is 24.2. The first kappa shape index (κ1) is 50.6. The number of hydrogen-bond donors (Lipinski definition) is 4. The Hall–Kier alpha value is -4.86. The zero-order chi connectivity index (χ0) is 47.1. The average molecular weight is 988 g/mol. The van der Waals surface area contributed by atoms with Crippen molar-refractivity contribution < 1.29 is 55.6 Å². The number of nitrogens with zero attached hydrogens (tertiary/aromatic N) is 2. The fraction of sp³-hybridized carbons (Fsp3) is 0.348. The predicted molar refractivity (Wildman–Crippen MR) is 253 cm³/mol. The van der Waals surface area contributed by atoms with Gasteiger partial charge in [-0.1, -0.05) is 35.3 Å². The molecule has 20 heteroatoms. The lowest BCUT2D eigenvalue weighted by atomic mass is 10.1. The van der Waals surface area contributed by atoms with Crippen molar-refractivity contribution in [1.82, 2.24) is 9.80 Å². The van der Waals surface area contributed by atoms with E-state index in [9.17, 15) is 31.5 Å². The second-order valence-electron chi connectivity index (χ2n) is 15.2. The summed E-state index contributed by atoms with van der Waals surface area (Å²) in [5.41, 5.74) is 2.16. The van der Waals surface area contributed by atoms with Crippen molar-refractivity contribution in [2.45, 2.75) is 22.6 Å². The number of β-amino-alcohol motifs (C(OH)–C–C–N with tert-alkyl or cyclic N) is 1. The number of benzene rings is 4. The lowest BCUT2D eigenvalue weighted by Crippen LogP contribution is -2.38. The monoisotopic (exact) mass is 986 g/mol. The number of rotatable bonds is 10. The van der Waals surface area contributed by atoms with Gasteiger partial charge in [0.25, 0.3) is 11.8 Å². The molecule has 16 nitrogen and oxygen atoms in total. The Morgan fingerprint density at radius 3 is 1.59 bits per heavy atom. The molecule has 66 heavy (non-hydrogen) atoms. The topological polar surface area (TPSA) is 210 Å². The maximum Gasteiger partial charge on any atom is 0.259 e. The van der Waals surface area contributed by atoms with Crippen LogP contribution in [0.3, 0.4) is 0 Å². The fourth-order valence-electron chi connectivity index (χ4n) is 6.94. The number of aromatic hydroxyl groups is 1. The number of aliphatic hydroxyl groups excluding tert-OH is 1. The number of phenolic OH excluding ortho intramolecular Hbond substituents is 1. The van der Waals surface area contributed by atoms with Gasteiger partial charge in [-0.3, -0.25) is 19.4 Å². The van der Waals surface area contributed by atoms with Crippen LogP contribution in [0.2, 0.25) is 10.0 Å². The van der Waals surface area contributed by atoms with Crippen LogP contribution in [-0.4, -0.2) is 141 Å². The van der Waals surface area contributed by atoms with Crippen LogP contribution in [0.25, 0.3) is 12.2 Å². The molecule has 0 atom stereocenters. The van der Waals surface area contributed by atoms with E-state index in [0.29, 0.717) is 58.1 Å². The maximum atomic E-state index is 12.9. The average Bonchev–Trinajstić information content (AvgIpc) is 4.07. The molecule has 2 amide bonds. The smallest absolute Gasteiger partial charge is 0.259 e. The molecule has 5 aliphatic heterocycles. The number of hydrogen-bond acceptors (Lipinski definition) is 14. The molecule has 354 valence electrons. The highest BCUT2D eigenvalue weighted by atomic mass is 35.5. The molecule has 0 radical (unpaired) electrons. The minimum absolute atomic E-state index is 0.00832. The van der Waals surface area contributed by atoms with Gasteiger partial charge in [-0.2, -0.15) is 0 Å². The summed E-state index contributed by atoms with van der Waals surface area (Å²) in [6.45, 7) is 10.9. The lowest BCUT2D eigenvalue weighted by molar-refractivity contribution is 0.0306. The number of nitrogens with one attached hydrogen (secondary N) is 2. The van der Waals surface area contributed by atoms with Gasteiger partial charge in [0.2, 0.25) is 19.7 Å². The van der Waals surface area contributed by atoms with Crippen molar-refractivity contribution in [3.05, 3.63) is 116 Å². The lowest BCUT2D eigenvalue weighted by Gasteiger charge is -2.26. The van der Waals surface area contributed by atoms with E-state index >= 15 is 0 Å². The highest BCUT2D eigenvalue weighted by Gasteiger charge is 2.24. The maximum absolute atomic E-state index is 12.9. The zero-order valence-electron chi connectivity index (χ0n) is 36.0. The Morgan fingerprint density at radius 1 is 0.621 bits per heavy atom. The fourth-order valence-corrected chi connectivity index (χ4v) is 9.74. The van der Waals surface area contributed by atoms with Crippen LogP contribution in [0.15, 0.2) is 93.4 Å². The highest BCUT2D eigenvalue weighted by Crippen LogP contribution is 2.32. The van der Waals surface area contributed by atoms with E-state index in [1.807, 2.05) is 0 Å². The van der Waals surface area contributed by atoms with E-state index < -0.39 is 31.5 Å². The largest absolute Gasteiger partial charge is 0.507 e. The van der Waals surface area contributed by atoms with Gasteiger partial charge >= 0.3 is 0 Å². The Kier molecular flexibility index (Phi) is 18.6. The number of morpholine rings is 2. The van der Waals surface area contributed by atoms with Gasteiger partial charge < -0.3 is 39.8 Å². The summed E-state index contributed by atoms with van der Waals surface area (Å²) < 4.78 is 69.0. The van der Waals surface area contributed by atoms with Crippen molar-refractivity contribution in [1.29, 1.82) is 0 Å². The van der Waals surface area contributed by atoms with Crippen molar-refractivity contribution in [2.24, 2.45) is 0 Å². The molecule has 3 fully saturated rings. The predicted octanol–water partition coefficient (Wildman–Crippen LogP) is 6.22. The van der Waals surface area contributed by atoms with Crippen molar-refractivity contribution in [2.75, 3.05) is 103 Å². The number of aliphatic hydroxyl groups is 1. The van der Waals surface area contributed by atoms with Gasteiger partial charge in [0.15, 0.2) is 0 Å². The first-order valence-corrected chi connectivity index (χ1v) is 25.0. The van der Waals surface area contributed by atoms with Gasteiger partial charge in [-0.15, -0.1) is 0 Å². The summed E-state index contributed by atoms with van der Waals surface area (Å²) in [6, 6.07) is 18.3. The quantitative estimate of drug-likeness (QED) is 0.139. The van der Waals surface area contributed by atoms with Crippen LogP contribution in [0.5, 0.6) is 11.5 Å². The Balaban J connectivity index is 0.000000173. The molecule has 4 aromatic carbocycles. The van der Waals surface area contributed by atoms with Crippen molar-refractivity contribution >= 4 is 78.2 Å². The van der Waals surface area contributed by atoms with Crippen LogP contribution in [0, 0.1) is 0 Å². The van der Waals surface area contributed by atoms with Crippen molar-refractivity contribution in [3.8, 4) is 11.5 Å². The number of amides is 2. The van der Waals surface area contributed by atoms with Gasteiger partial charge in [-0.05, 0) is 96.8 Å². The SMILES string of the molecule is C1CCOC1.O=C(Nc1ccc2c(c1)S(=O)(=O)C=C2)c1cc(Cl)ccc1O.O=C(Nc1ccc2c(c1)S(=O)(=O)C=C2)c1cc(Cl)ccc1OCCN1CCOCC1.OCCN1CCOCC1. The summed E-state index contributed by atoms with van der Waals surface area (Å²) in [7, 11) is -6.90. The molecule has 3 saturated heterocycles. The molecule has 9 rings (SSSR count). The van der Waals surface area contributed by atoms with Gasteiger partial charge in [-0.25, -0.2) is 16.8 Å². The van der Waals surface area contributed by atoms with Crippen molar-refractivity contribution in [3.63, 3.8) is 0 Å². The number of anilines is 2. The first-order valence-electron chi connectivity index (χ1n) is 21.2. The number of sulfone groups is 2. The molecular formula is C46H52Cl2N4O12S2. The van der Waals surface area contributed by atoms with E-state index in [0.717, 1.165) is 76.5 Å². The molecule has 0 aliphatic carbocycles. The van der Waals surface area contributed by atoms with E-state index in [-0.39, 0.29) is 33.3 Å². The second-order valence-corrected chi connectivity index (χ2v) is 19.7. The zero-order valence-corrected chi connectivity index (χ0v) is 39.1. The molecular weight excluding hydrogens is 936 g/mol. The molecule has 4 aromatic rings. The van der Waals surface area contributed by atoms with Gasteiger partial charge in [0.1, 0.15) is 18.1 Å². The Labute approximate surface area is 394 Å². The molecule has 0 unspecified atom stereocenters. The Morgan fingerprint density at radius 2 is 1.09 bits per heavy atom. The van der Waals surface area contributed by atoms with E-state index in [4.69, 9.17) is 47.3 Å². The minimum Gasteiger partial charge on any atom is -0.507 e. The number of phenols is 1. The van der Waals surface area contributed by atoms with Crippen LogP contribution in [-0.2, 0) is 33.9 Å². The summed E-state index contributed by atoms with van der Waals surface area (Å²) in [5.74, 6) is -0.802. The molecule has 0 bridgehead atoms. The third-order valence-corrected chi connectivity index (χ3v) is 13.9. The number of fused-ring (bicyclic) bond motifs is 2. The summed E-state index contributed by atoms with van der Waals surface area (Å²) >= 11 is 11.9. The third-order valence-electron chi connectivity index (χ3n) is 10.5. The normalized spacial score (nSPS) is 17.7. The van der Waals surface area contributed by atoms with Crippen LogP contribution in [0.4, 0.5) is 11.4 Å². The van der Waals surface area contributed by atoms with Crippen LogP contribution < -0.4 is 15.4 Å². The van der Waals surface area contributed by atoms with Crippen LogP contribution in [0.1, 0.15) is 44.7 Å². The molecule has 0 aromatic heterocycles. The molecule has 0 spiro atoms. The Bertz CT molecular complexity index is 2600. The minimum atomic E-state index is -3.46. The van der Waals surface area contributed by atoms with Gasteiger partial charge in [0, 0.05) is 84.7 Å². The summed E-state index contributed by atoms with van der Waals surface area (Å²) in [5, 5.41) is 26.5. The molecule has 4 N–H and O–H groups in total. The first-order chi connectivity index (χ1) is 31.7. The number of ether oxygens (including phenoxy) is 4. The van der Waals surface area contributed by atoms with E-state index in [1.165, 1.54) is 61.4 Å². The summed E-state index contributed by atoms with van der Waals surface area (Å²) in [6.07, 6.45) is 5.59. The number of halogens is 2. The number of carbonyl (C=O) groups excluding carboxylic acids is 2. The van der Waals surface area contributed by atoms with Crippen LogP contribution >= 0.6 is 23.2 Å². The molecule has 5 heterocycles. The molecule has 5 aliphatic rings. The standard InChI is InChI=1S/C21H21ClN2O5S.C15H10ClNO4S.C6H13NO2.C4H8O/c22-16-2-4-19(29-11-8-24-6-9-28-10-7-24)18(13-16)21(25)23-17-3-1-15-5-12-30(26,27)20(15)14-17;16-10-2-4-13(18)12(7-10)15(19)17-11-3-1-9-5-6-22(20,21)14(9)8-11;8-4-1-7-2-5-9-6-3-7;1-2-4-5-3-1/h1-5,12-14H,6-11H2,(H,23,25);1-8,18H,(H,17,19);8H,1-6H2;1-4H2.